The Bertz CT molecular complexity index is 410. The molecule has 0 aromatic heterocycles. The van der Waals surface area contributed by atoms with E-state index in [0.29, 0.717) is 0 Å². The van der Waals surface area contributed by atoms with E-state index in [-0.39, 0.29) is 6.04 Å². The summed E-state index contributed by atoms with van der Waals surface area (Å²) < 4.78 is 5.42. The van der Waals surface area contributed by atoms with Crippen LogP contribution in [0.15, 0.2) is 23.3 Å². The first-order chi connectivity index (χ1) is 7.35. The number of ether oxygens (including phenoxy) is 1. The van der Waals surface area contributed by atoms with Crippen LogP contribution in [0.4, 0.5) is 0 Å². The van der Waals surface area contributed by atoms with Crippen molar-refractivity contribution in [2.45, 2.75) is 25.8 Å². The standard InChI is InChI=1S/C11H13N3O/c1-2-10(13-14-12)8-3-4-11-9(7-8)5-6-15-11/h3-4,7,10H,2,5-6H2,1H3/t10-/m1/s1. The molecule has 2 rings (SSSR count). The van der Waals surface area contributed by atoms with Crippen molar-refractivity contribution < 1.29 is 4.74 Å². The van der Waals surface area contributed by atoms with Crippen LogP contribution in [0.5, 0.6) is 5.75 Å². The molecule has 0 aliphatic carbocycles. The Morgan fingerprint density at radius 2 is 2.47 bits per heavy atom. The van der Waals surface area contributed by atoms with Crippen molar-refractivity contribution in [1.29, 1.82) is 0 Å². The topological polar surface area (TPSA) is 58.0 Å². The highest BCUT2D eigenvalue weighted by molar-refractivity contribution is 5.40. The molecule has 4 heteroatoms. The zero-order chi connectivity index (χ0) is 10.7. The summed E-state index contributed by atoms with van der Waals surface area (Å²) in [5.41, 5.74) is 10.8. The van der Waals surface area contributed by atoms with Gasteiger partial charge in [0.15, 0.2) is 0 Å². The van der Waals surface area contributed by atoms with Gasteiger partial charge in [-0.15, -0.1) is 0 Å². The molecule has 0 amide bonds. The molecule has 1 atom stereocenters. The lowest BCUT2D eigenvalue weighted by Gasteiger charge is -2.09. The Hall–Kier alpha value is -1.67. The van der Waals surface area contributed by atoms with E-state index in [1.807, 2.05) is 19.1 Å². The lowest BCUT2D eigenvalue weighted by atomic mass is 10.0. The molecule has 0 fully saturated rings. The van der Waals surface area contributed by atoms with E-state index < -0.39 is 0 Å². The van der Waals surface area contributed by atoms with Crippen LogP contribution < -0.4 is 4.74 Å². The van der Waals surface area contributed by atoms with E-state index >= 15 is 0 Å². The molecule has 0 unspecified atom stereocenters. The predicted molar refractivity (Wildman–Crippen MR) is 57.8 cm³/mol. The fraction of sp³-hybridized carbons (Fsp3) is 0.455. The van der Waals surface area contributed by atoms with Gasteiger partial charge < -0.3 is 4.74 Å². The van der Waals surface area contributed by atoms with Crippen LogP contribution in [-0.2, 0) is 6.42 Å². The molecule has 0 saturated carbocycles. The van der Waals surface area contributed by atoms with Crippen LogP contribution in [0.1, 0.15) is 30.5 Å². The smallest absolute Gasteiger partial charge is 0.122 e. The molecule has 4 nitrogen and oxygen atoms in total. The highest BCUT2D eigenvalue weighted by Gasteiger charge is 2.14. The molecule has 1 aromatic rings. The van der Waals surface area contributed by atoms with E-state index in [1.54, 1.807) is 0 Å². The minimum Gasteiger partial charge on any atom is -0.493 e. The van der Waals surface area contributed by atoms with Gasteiger partial charge >= 0.3 is 0 Å². The molecule has 0 radical (unpaired) electrons. The van der Waals surface area contributed by atoms with Gasteiger partial charge in [0.2, 0.25) is 0 Å². The van der Waals surface area contributed by atoms with Gasteiger partial charge in [-0.25, -0.2) is 0 Å². The third-order valence-corrected chi connectivity index (χ3v) is 2.68. The number of fused-ring (bicyclic) bond motifs is 1. The van der Waals surface area contributed by atoms with Crippen molar-refractivity contribution in [3.05, 3.63) is 39.8 Å². The summed E-state index contributed by atoms with van der Waals surface area (Å²) in [6, 6.07) is 5.98. The van der Waals surface area contributed by atoms with Crippen molar-refractivity contribution in [3.63, 3.8) is 0 Å². The second kappa shape index (κ2) is 4.24. The molecule has 0 bridgehead atoms. The Morgan fingerprint density at radius 1 is 1.60 bits per heavy atom. The largest absolute Gasteiger partial charge is 0.493 e. The van der Waals surface area contributed by atoms with Gasteiger partial charge in [-0.3, -0.25) is 0 Å². The minimum atomic E-state index is -0.0547. The maximum absolute atomic E-state index is 8.46. The summed E-state index contributed by atoms with van der Waals surface area (Å²) >= 11 is 0. The highest BCUT2D eigenvalue weighted by atomic mass is 16.5. The number of azide groups is 1. The summed E-state index contributed by atoms with van der Waals surface area (Å²) in [4.78, 5) is 2.87. The third kappa shape index (κ3) is 1.90. The van der Waals surface area contributed by atoms with Crippen LogP contribution in [0.25, 0.3) is 10.4 Å². The van der Waals surface area contributed by atoms with Crippen molar-refractivity contribution in [2.24, 2.45) is 5.11 Å². The molecular formula is C11H13N3O. The molecule has 0 saturated heterocycles. The molecule has 1 aliphatic rings. The van der Waals surface area contributed by atoms with Gasteiger partial charge in [-0.2, -0.15) is 0 Å². The molecular weight excluding hydrogens is 190 g/mol. The Balaban J connectivity index is 2.32. The van der Waals surface area contributed by atoms with E-state index in [4.69, 9.17) is 10.3 Å². The normalized spacial score (nSPS) is 15.0. The van der Waals surface area contributed by atoms with Gasteiger partial charge in [0.05, 0.1) is 12.6 Å². The quantitative estimate of drug-likeness (QED) is 0.422. The van der Waals surface area contributed by atoms with Crippen LogP contribution >= 0.6 is 0 Å². The van der Waals surface area contributed by atoms with Crippen molar-refractivity contribution in [3.8, 4) is 5.75 Å². The lowest BCUT2D eigenvalue weighted by molar-refractivity contribution is 0.357. The maximum Gasteiger partial charge on any atom is 0.122 e. The fourth-order valence-corrected chi connectivity index (χ4v) is 1.86. The van der Waals surface area contributed by atoms with Crippen LogP contribution in [0, 0.1) is 0 Å². The number of hydrogen-bond donors (Lipinski definition) is 0. The monoisotopic (exact) mass is 203 g/mol. The summed E-state index contributed by atoms with van der Waals surface area (Å²) in [6.07, 6.45) is 1.78. The number of hydrogen-bond acceptors (Lipinski definition) is 2. The van der Waals surface area contributed by atoms with Gasteiger partial charge in [-0.1, -0.05) is 24.2 Å². The summed E-state index contributed by atoms with van der Waals surface area (Å²) in [6.45, 7) is 2.78. The predicted octanol–water partition coefficient (Wildman–Crippen LogP) is 3.38. The average Bonchev–Trinajstić information content (AvgIpc) is 2.72. The number of nitrogens with zero attached hydrogens (tertiary/aromatic N) is 3. The van der Waals surface area contributed by atoms with Crippen LogP contribution in [0.3, 0.4) is 0 Å². The third-order valence-electron chi connectivity index (χ3n) is 2.68. The Labute approximate surface area is 88.5 Å². The molecule has 0 spiro atoms. The van der Waals surface area contributed by atoms with E-state index in [0.717, 1.165) is 30.8 Å². The second-order valence-electron chi connectivity index (χ2n) is 3.59. The van der Waals surface area contributed by atoms with E-state index in [9.17, 15) is 0 Å². The molecule has 78 valence electrons. The van der Waals surface area contributed by atoms with Crippen LogP contribution in [0.2, 0.25) is 0 Å². The minimum absolute atomic E-state index is 0.0547. The van der Waals surface area contributed by atoms with E-state index in [2.05, 4.69) is 16.1 Å². The second-order valence-corrected chi connectivity index (χ2v) is 3.59. The van der Waals surface area contributed by atoms with Gasteiger partial charge in [-0.05, 0) is 29.1 Å². The van der Waals surface area contributed by atoms with Crippen molar-refractivity contribution >= 4 is 0 Å². The summed E-state index contributed by atoms with van der Waals surface area (Å²) in [7, 11) is 0. The zero-order valence-corrected chi connectivity index (χ0v) is 8.68. The van der Waals surface area contributed by atoms with E-state index in [1.165, 1.54) is 5.56 Å². The van der Waals surface area contributed by atoms with Gasteiger partial charge in [0.1, 0.15) is 5.75 Å². The molecule has 1 aliphatic heterocycles. The number of rotatable bonds is 3. The Morgan fingerprint density at radius 3 is 3.20 bits per heavy atom. The number of benzene rings is 1. The average molecular weight is 203 g/mol. The zero-order valence-electron chi connectivity index (χ0n) is 8.68. The van der Waals surface area contributed by atoms with Gasteiger partial charge in [0.25, 0.3) is 0 Å². The molecule has 1 aromatic carbocycles. The van der Waals surface area contributed by atoms with Crippen molar-refractivity contribution in [1.82, 2.24) is 0 Å². The molecule has 15 heavy (non-hydrogen) atoms. The van der Waals surface area contributed by atoms with Crippen molar-refractivity contribution in [2.75, 3.05) is 6.61 Å². The Kier molecular flexibility index (Phi) is 2.79. The first kappa shape index (κ1) is 9.87. The van der Waals surface area contributed by atoms with Crippen LogP contribution in [-0.4, -0.2) is 6.61 Å². The fourth-order valence-electron chi connectivity index (χ4n) is 1.86. The molecule has 0 N–H and O–H groups in total. The first-order valence-corrected chi connectivity index (χ1v) is 5.15. The van der Waals surface area contributed by atoms with Gasteiger partial charge in [0, 0.05) is 11.3 Å². The lowest BCUT2D eigenvalue weighted by Crippen LogP contribution is -1.93. The first-order valence-electron chi connectivity index (χ1n) is 5.15. The summed E-state index contributed by atoms with van der Waals surface area (Å²) in [5.74, 6) is 0.967. The SMILES string of the molecule is CC[C@@H](N=[N+]=[N-])c1ccc2c(c1)CCO2. The highest BCUT2D eigenvalue weighted by Crippen LogP contribution is 2.30. The maximum atomic E-state index is 8.46. The summed E-state index contributed by atoms with van der Waals surface area (Å²) in [5, 5.41) is 3.78. The molecule has 1 heterocycles.